The highest BCUT2D eigenvalue weighted by Gasteiger charge is 2.20. The number of anilines is 2. The summed E-state index contributed by atoms with van der Waals surface area (Å²) in [5.74, 6) is 0.0505. The van der Waals surface area contributed by atoms with Gasteiger partial charge in [-0.3, -0.25) is 0 Å². The normalized spacial score (nSPS) is 14.9. The fraction of sp³-hybridized carbons (Fsp3) is 0.312. The van der Waals surface area contributed by atoms with Gasteiger partial charge in [-0.05, 0) is 66.7 Å². The highest BCUT2D eigenvalue weighted by molar-refractivity contribution is 14.1. The van der Waals surface area contributed by atoms with Crippen LogP contribution in [0, 0.1) is 20.7 Å². The smallest absolute Gasteiger partial charge is 0.237 e. The largest absolute Gasteiger partial charge is 0.473 e. The molecule has 2 N–H and O–H groups in total. The Hall–Kier alpha value is -1.99. The van der Waals surface area contributed by atoms with Gasteiger partial charge in [0.1, 0.15) is 24.3 Å². The summed E-state index contributed by atoms with van der Waals surface area (Å²) in [7, 11) is 0. The van der Waals surface area contributed by atoms with Gasteiger partial charge in [-0.1, -0.05) is 0 Å². The third-order valence-electron chi connectivity index (χ3n) is 3.67. The number of nitriles is 1. The van der Waals surface area contributed by atoms with Gasteiger partial charge < -0.3 is 15.4 Å². The molecular weight excluding hydrogens is 424 g/mol. The topological polar surface area (TPSA) is 82.9 Å². The molecule has 0 saturated carbocycles. The lowest BCUT2D eigenvalue weighted by Gasteiger charge is -2.23. The van der Waals surface area contributed by atoms with Crippen LogP contribution in [0.2, 0.25) is 0 Å². The lowest BCUT2D eigenvalue weighted by atomic mass is 10.1. The van der Waals surface area contributed by atoms with Crippen LogP contribution in [0.25, 0.3) is 0 Å². The van der Waals surface area contributed by atoms with Crippen LogP contribution in [0.5, 0.6) is 5.88 Å². The SMILES string of the molecule is N#Cc1c(Nc2ccc(I)cc2F)ncnc1OC1CCNCC1. The molecule has 0 bridgehead atoms. The number of aromatic nitrogens is 2. The molecule has 124 valence electrons. The van der Waals surface area contributed by atoms with Crippen LogP contribution in [0.3, 0.4) is 0 Å². The molecule has 2 heterocycles. The minimum absolute atomic E-state index is 0.0103. The maximum Gasteiger partial charge on any atom is 0.237 e. The Morgan fingerprint density at radius 2 is 2.12 bits per heavy atom. The maximum absolute atomic E-state index is 14.0. The lowest BCUT2D eigenvalue weighted by Crippen LogP contribution is -2.34. The Morgan fingerprint density at radius 1 is 1.33 bits per heavy atom. The number of nitrogens with zero attached hydrogens (tertiary/aromatic N) is 3. The van der Waals surface area contributed by atoms with Crippen LogP contribution < -0.4 is 15.4 Å². The second-order valence-electron chi connectivity index (χ2n) is 5.33. The lowest BCUT2D eigenvalue weighted by molar-refractivity contribution is 0.155. The summed E-state index contributed by atoms with van der Waals surface area (Å²) in [6, 6.07) is 6.83. The Bertz CT molecular complexity index is 774. The number of halogens is 2. The molecule has 1 fully saturated rings. The molecule has 0 radical (unpaired) electrons. The molecule has 1 aromatic carbocycles. The molecule has 0 amide bonds. The zero-order valence-corrected chi connectivity index (χ0v) is 14.9. The molecule has 1 aliphatic heterocycles. The predicted molar refractivity (Wildman–Crippen MR) is 95.7 cm³/mol. The van der Waals surface area contributed by atoms with Crippen LogP contribution in [-0.2, 0) is 0 Å². The zero-order chi connectivity index (χ0) is 16.9. The molecule has 6 nitrogen and oxygen atoms in total. The summed E-state index contributed by atoms with van der Waals surface area (Å²) in [4.78, 5) is 8.13. The van der Waals surface area contributed by atoms with Crippen molar-refractivity contribution in [2.75, 3.05) is 18.4 Å². The van der Waals surface area contributed by atoms with E-state index in [0.717, 1.165) is 29.5 Å². The van der Waals surface area contributed by atoms with E-state index in [2.05, 4.69) is 26.7 Å². The number of rotatable bonds is 4. The first-order chi connectivity index (χ1) is 11.7. The van der Waals surface area contributed by atoms with Gasteiger partial charge in [-0.25, -0.2) is 14.4 Å². The van der Waals surface area contributed by atoms with Crippen molar-refractivity contribution >= 4 is 34.1 Å². The molecule has 1 aliphatic rings. The van der Waals surface area contributed by atoms with Crippen molar-refractivity contribution in [3.8, 4) is 11.9 Å². The van der Waals surface area contributed by atoms with E-state index in [9.17, 15) is 9.65 Å². The molecular formula is C16H15FIN5O. The fourth-order valence-corrected chi connectivity index (χ4v) is 2.90. The van der Waals surface area contributed by atoms with Crippen molar-refractivity contribution in [2.45, 2.75) is 18.9 Å². The van der Waals surface area contributed by atoms with E-state index in [1.807, 2.05) is 22.6 Å². The number of ether oxygens (including phenoxy) is 1. The summed E-state index contributed by atoms with van der Waals surface area (Å²) >= 11 is 2.03. The highest BCUT2D eigenvalue weighted by Crippen LogP contribution is 2.27. The third-order valence-corrected chi connectivity index (χ3v) is 4.34. The molecule has 1 saturated heterocycles. The molecule has 0 unspecified atom stereocenters. The quantitative estimate of drug-likeness (QED) is 0.714. The molecule has 0 aliphatic carbocycles. The van der Waals surface area contributed by atoms with Crippen molar-refractivity contribution in [3.05, 3.63) is 39.5 Å². The zero-order valence-electron chi connectivity index (χ0n) is 12.7. The van der Waals surface area contributed by atoms with Crippen molar-refractivity contribution in [3.63, 3.8) is 0 Å². The summed E-state index contributed by atoms with van der Waals surface area (Å²) in [6.07, 6.45) is 3.02. The van der Waals surface area contributed by atoms with Gasteiger partial charge in [-0.2, -0.15) is 5.26 Å². The van der Waals surface area contributed by atoms with Gasteiger partial charge in [0, 0.05) is 3.57 Å². The predicted octanol–water partition coefficient (Wildman–Crippen LogP) is 2.97. The Kier molecular flexibility index (Phi) is 5.42. The van der Waals surface area contributed by atoms with Gasteiger partial charge in [0.05, 0.1) is 5.69 Å². The van der Waals surface area contributed by atoms with E-state index in [1.165, 1.54) is 12.4 Å². The van der Waals surface area contributed by atoms with Gasteiger partial charge in [-0.15, -0.1) is 0 Å². The van der Waals surface area contributed by atoms with Crippen LogP contribution in [0.4, 0.5) is 15.9 Å². The number of benzene rings is 1. The third kappa shape index (κ3) is 3.91. The molecule has 0 atom stereocenters. The van der Waals surface area contributed by atoms with E-state index in [1.54, 1.807) is 12.1 Å². The molecule has 3 rings (SSSR count). The van der Waals surface area contributed by atoms with E-state index in [4.69, 9.17) is 4.74 Å². The van der Waals surface area contributed by atoms with Crippen molar-refractivity contribution in [2.24, 2.45) is 0 Å². The first kappa shape index (κ1) is 16.9. The Balaban J connectivity index is 1.85. The highest BCUT2D eigenvalue weighted by atomic mass is 127. The molecule has 0 spiro atoms. The van der Waals surface area contributed by atoms with Gasteiger partial charge in [0.25, 0.3) is 0 Å². The summed E-state index contributed by atoms with van der Waals surface area (Å²) in [5.41, 5.74) is 0.424. The van der Waals surface area contributed by atoms with Crippen molar-refractivity contribution in [1.29, 1.82) is 5.26 Å². The van der Waals surface area contributed by atoms with Gasteiger partial charge in [0.15, 0.2) is 11.4 Å². The molecule has 2 aromatic rings. The average molecular weight is 439 g/mol. The van der Waals surface area contributed by atoms with Crippen molar-refractivity contribution in [1.82, 2.24) is 15.3 Å². The second kappa shape index (κ2) is 7.72. The van der Waals surface area contributed by atoms with Crippen LogP contribution >= 0.6 is 22.6 Å². The average Bonchev–Trinajstić information content (AvgIpc) is 2.58. The van der Waals surface area contributed by atoms with E-state index >= 15 is 0 Å². The van der Waals surface area contributed by atoms with E-state index in [-0.39, 0.29) is 29.1 Å². The second-order valence-corrected chi connectivity index (χ2v) is 6.58. The fourth-order valence-electron chi connectivity index (χ4n) is 2.44. The van der Waals surface area contributed by atoms with Crippen molar-refractivity contribution < 1.29 is 9.13 Å². The standard InChI is InChI=1S/C16H15FIN5O/c17-13-7-10(18)1-2-14(13)23-15-12(8-19)16(22-9-21-15)24-11-3-5-20-6-4-11/h1-2,7,9,11,20H,3-6H2,(H,21,22,23). The Morgan fingerprint density at radius 3 is 2.83 bits per heavy atom. The summed E-state index contributed by atoms with van der Waals surface area (Å²) < 4.78 is 20.7. The van der Waals surface area contributed by atoms with Gasteiger partial charge >= 0.3 is 0 Å². The van der Waals surface area contributed by atoms with Crippen LogP contribution in [0.15, 0.2) is 24.5 Å². The molecule has 1 aromatic heterocycles. The minimum Gasteiger partial charge on any atom is -0.473 e. The first-order valence-corrected chi connectivity index (χ1v) is 8.60. The van der Waals surface area contributed by atoms with Crippen LogP contribution in [-0.4, -0.2) is 29.2 Å². The first-order valence-electron chi connectivity index (χ1n) is 7.52. The van der Waals surface area contributed by atoms with E-state index < -0.39 is 5.82 Å². The summed E-state index contributed by atoms with van der Waals surface area (Å²) in [6.45, 7) is 1.74. The Labute approximate surface area is 152 Å². The molecule has 24 heavy (non-hydrogen) atoms. The number of hydrogen-bond donors (Lipinski definition) is 2. The number of hydrogen-bond acceptors (Lipinski definition) is 6. The number of piperidine rings is 1. The van der Waals surface area contributed by atoms with E-state index in [0.29, 0.717) is 0 Å². The maximum atomic E-state index is 14.0. The monoisotopic (exact) mass is 439 g/mol. The van der Waals surface area contributed by atoms with Crippen LogP contribution in [0.1, 0.15) is 18.4 Å². The minimum atomic E-state index is -0.412. The van der Waals surface area contributed by atoms with Gasteiger partial charge in [0.2, 0.25) is 5.88 Å². The number of nitrogens with one attached hydrogen (secondary N) is 2. The molecule has 8 heteroatoms. The summed E-state index contributed by atoms with van der Waals surface area (Å²) in [5, 5.41) is 15.6.